The molecule has 1 aliphatic carbocycles. The summed E-state index contributed by atoms with van der Waals surface area (Å²) in [6.07, 6.45) is 5.45. The summed E-state index contributed by atoms with van der Waals surface area (Å²) in [5.74, 6) is 1.45. The molecular weight excluding hydrogens is 428 g/mol. The van der Waals surface area contributed by atoms with Crippen LogP contribution in [-0.4, -0.2) is 21.1 Å². The van der Waals surface area contributed by atoms with Gasteiger partial charge in [-0.25, -0.2) is 0 Å². The topological polar surface area (TPSA) is 52.6 Å². The number of aryl methyl sites for hydroxylation is 1. The largest absolute Gasteiger partial charge is 0.486 e. The SMILES string of the molecule is Cc1ccc(S(=O)(=O)OCC2Cc3cc(C4CCCC4)cc(Br)c3O2)cc1. The minimum Gasteiger partial charge on any atom is -0.486 e. The van der Waals surface area contributed by atoms with Crippen LogP contribution in [0, 0.1) is 6.92 Å². The fourth-order valence-electron chi connectivity index (χ4n) is 3.94. The van der Waals surface area contributed by atoms with Crippen molar-refractivity contribution in [2.75, 3.05) is 6.61 Å². The summed E-state index contributed by atoms with van der Waals surface area (Å²) >= 11 is 3.62. The molecule has 144 valence electrons. The molecule has 4 nitrogen and oxygen atoms in total. The quantitative estimate of drug-likeness (QED) is 0.592. The van der Waals surface area contributed by atoms with Gasteiger partial charge in [0.1, 0.15) is 18.5 Å². The highest BCUT2D eigenvalue weighted by Gasteiger charge is 2.29. The second-order valence-electron chi connectivity index (χ2n) is 7.47. The van der Waals surface area contributed by atoms with Crippen LogP contribution in [0.1, 0.15) is 48.3 Å². The van der Waals surface area contributed by atoms with Gasteiger partial charge in [0.2, 0.25) is 0 Å². The van der Waals surface area contributed by atoms with Crippen LogP contribution in [0.4, 0.5) is 0 Å². The van der Waals surface area contributed by atoms with Gasteiger partial charge >= 0.3 is 0 Å². The zero-order chi connectivity index (χ0) is 19.0. The van der Waals surface area contributed by atoms with Crippen molar-refractivity contribution >= 4 is 26.0 Å². The number of fused-ring (bicyclic) bond motifs is 1. The minimum atomic E-state index is -3.77. The van der Waals surface area contributed by atoms with E-state index in [9.17, 15) is 8.42 Å². The molecule has 4 rings (SSSR count). The minimum absolute atomic E-state index is 0.0100. The molecular formula is C21H23BrO4S. The van der Waals surface area contributed by atoms with E-state index in [0.29, 0.717) is 12.3 Å². The van der Waals surface area contributed by atoms with Crippen LogP contribution in [0.3, 0.4) is 0 Å². The first-order valence-corrected chi connectivity index (χ1v) is 11.6. The maximum atomic E-state index is 12.4. The second-order valence-corrected chi connectivity index (χ2v) is 9.94. The van der Waals surface area contributed by atoms with Crippen LogP contribution in [0.5, 0.6) is 5.75 Å². The Bertz CT molecular complexity index is 931. The Labute approximate surface area is 169 Å². The van der Waals surface area contributed by atoms with Crippen LogP contribution in [0.2, 0.25) is 0 Å². The van der Waals surface area contributed by atoms with Crippen LogP contribution in [0.15, 0.2) is 45.8 Å². The molecule has 0 amide bonds. The van der Waals surface area contributed by atoms with Gasteiger partial charge in [-0.3, -0.25) is 4.18 Å². The summed E-state index contributed by atoms with van der Waals surface area (Å²) in [5, 5.41) is 0. The van der Waals surface area contributed by atoms with Crippen molar-refractivity contribution in [3.05, 3.63) is 57.6 Å². The lowest BCUT2D eigenvalue weighted by atomic mass is 9.95. The lowest BCUT2D eigenvalue weighted by molar-refractivity contribution is 0.151. The fraction of sp³-hybridized carbons (Fsp3) is 0.429. The molecule has 0 aromatic heterocycles. The summed E-state index contributed by atoms with van der Waals surface area (Å²) in [6.45, 7) is 1.93. The molecule has 1 saturated carbocycles. The Balaban J connectivity index is 1.44. The van der Waals surface area contributed by atoms with Gasteiger partial charge in [0.15, 0.2) is 0 Å². The average molecular weight is 451 g/mol. The molecule has 1 unspecified atom stereocenters. The summed E-state index contributed by atoms with van der Waals surface area (Å²) in [6, 6.07) is 11.0. The number of hydrogen-bond donors (Lipinski definition) is 0. The van der Waals surface area contributed by atoms with E-state index in [1.54, 1.807) is 24.3 Å². The third-order valence-electron chi connectivity index (χ3n) is 5.42. The molecule has 1 atom stereocenters. The third kappa shape index (κ3) is 4.08. The predicted molar refractivity (Wildman–Crippen MR) is 108 cm³/mol. The smallest absolute Gasteiger partial charge is 0.297 e. The average Bonchev–Trinajstić information content (AvgIpc) is 3.30. The van der Waals surface area contributed by atoms with E-state index < -0.39 is 10.1 Å². The summed E-state index contributed by atoms with van der Waals surface area (Å²) in [4.78, 5) is 0.174. The first-order valence-electron chi connectivity index (χ1n) is 9.37. The maximum absolute atomic E-state index is 12.4. The number of benzene rings is 2. The van der Waals surface area contributed by atoms with Crippen molar-refractivity contribution in [2.45, 2.75) is 55.9 Å². The van der Waals surface area contributed by atoms with Crippen LogP contribution >= 0.6 is 15.9 Å². The van der Waals surface area contributed by atoms with Gasteiger partial charge in [-0.1, -0.05) is 36.6 Å². The van der Waals surface area contributed by atoms with Crippen LogP contribution in [0.25, 0.3) is 0 Å². The zero-order valence-electron chi connectivity index (χ0n) is 15.3. The lowest BCUT2D eigenvalue weighted by Gasteiger charge is -2.13. The highest BCUT2D eigenvalue weighted by molar-refractivity contribution is 9.10. The Hall–Kier alpha value is -1.37. The molecule has 27 heavy (non-hydrogen) atoms. The van der Waals surface area contributed by atoms with Gasteiger partial charge in [-0.05, 0) is 70.9 Å². The Kier molecular flexibility index (Phi) is 5.32. The maximum Gasteiger partial charge on any atom is 0.297 e. The molecule has 2 aromatic carbocycles. The zero-order valence-corrected chi connectivity index (χ0v) is 17.7. The van der Waals surface area contributed by atoms with Crippen molar-refractivity contribution in [3.8, 4) is 5.75 Å². The van der Waals surface area contributed by atoms with Gasteiger partial charge in [-0.2, -0.15) is 8.42 Å². The normalized spacial score (nSPS) is 19.9. The molecule has 0 saturated heterocycles. The van der Waals surface area contributed by atoms with Crippen molar-refractivity contribution in [3.63, 3.8) is 0 Å². The number of halogens is 1. The molecule has 2 aliphatic rings. The molecule has 2 aromatic rings. The third-order valence-corrected chi connectivity index (χ3v) is 7.31. The van der Waals surface area contributed by atoms with Gasteiger partial charge in [0.05, 0.1) is 9.37 Å². The highest BCUT2D eigenvalue weighted by atomic mass is 79.9. The fourth-order valence-corrected chi connectivity index (χ4v) is 5.49. The van der Waals surface area contributed by atoms with Crippen LogP contribution < -0.4 is 4.74 Å². The van der Waals surface area contributed by atoms with Crippen molar-refractivity contribution in [1.82, 2.24) is 0 Å². The van der Waals surface area contributed by atoms with Gasteiger partial charge < -0.3 is 4.74 Å². The Morgan fingerprint density at radius 3 is 2.56 bits per heavy atom. The standard InChI is InChI=1S/C21H23BrO4S/c1-14-6-8-19(9-7-14)27(23,24)25-13-18-11-17-10-16(15-4-2-3-5-15)12-20(22)21(17)26-18/h6-10,12,15,18H,2-5,11,13H2,1H3. The van der Waals surface area contributed by atoms with Crippen molar-refractivity contribution < 1.29 is 17.3 Å². The van der Waals surface area contributed by atoms with Gasteiger partial charge in [0, 0.05) is 6.42 Å². The van der Waals surface area contributed by atoms with E-state index in [2.05, 4.69) is 28.1 Å². The molecule has 1 heterocycles. The van der Waals surface area contributed by atoms with Crippen molar-refractivity contribution in [2.24, 2.45) is 0 Å². The number of hydrogen-bond acceptors (Lipinski definition) is 4. The molecule has 0 bridgehead atoms. The van der Waals surface area contributed by atoms with E-state index in [4.69, 9.17) is 8.92 Å². The van der Waals surface area contributed by atoms with E-state index in [0.717, 1.165) is 21.3 Å². The number of ether oxygens (including phenoxy) is 1. The molecule has 6 heteroatoms. The highest BCUT2D eigenvalue weighted by Crippen LogP contribution is 2.42. The Morgan fingerprint density at radius 1 is 1.15 bits per heavy atom. The van der Waals surface area contributed by atoms with E-state index in [-0.39, 0.29) is 17.6 Å². The van der Waals surface area contributed by atoms with Gasteiger partial charge in [0.25, 0.3) is 10.1 Å². The second kappa shape index (κ2) is 7.57. The molecule has 1 fully saturated rings. The van der Waals surface area contributed by atoms with E-state index >= 15 is 0 Å². The van der Waals surface area contributed by atoms with Gasteiger partial charge in [-0.15, -0.1) is 0 Å². The first-order chi connectivity index (χ1) is 12.9. The number of rotatable bonds is 5. The Morgan fingerprint density at radius 2 is 1.85 bits per heavy atom. The van der Waals surface area contributed by atoms with E-state index in [1.807, 2.05) is 6.92 Å². The molecule has 0 radical (unpaired) electrons. The predicted octanol–water partition coefficient (Wildman–Crippen LogP) is 5.12. The molecule has 0 spiro atoms. The first kappa shape index (κ1) is 19.0. The summed E-state index contributed by atoms with van der Waals surface area (Å²) in [7, 11) is -3.77. The van der Waals surface area contributed by atoms with E-state index in [1.165, 1.54) is 31.2 Å². The van der Waals surface area contributed by atoms with Crippen molar-refractivity contribution in [1.29, 1.82) is 0 Å². The monoisotopic (exact) mass is 450 g/mol. The molecule has 0 N–H and O–H groups in total. The van der Waals surface area contributed by atoms with Crippen LogP contribution in [-0.2, 0) is 20.7 Å². The lowest BCUT2D eigenvalue weighted by Crippen LogP contribution is -2.23. The summed E-state index contributed by atoms with van der Waals surface area (Å²) in [5.41, 5.74) is 3.50. The summed E-state index contributed by atoms with van der Waals surface area (Å²) < 4.78 is 37.0. The molecule has 1 aliphatic heterocycles.